The number of ether oxygens (including phenoxy) is 1. The second kappa shape index (κ2) is 12.0. The van der Waals surface area contributed by atoms with Gasteiger partial charge in [-0.25, -0.2) is 4.98 Å². The monoisotopic (exact) mass is 580 g/mol. The molecule has 0 saturated carbocycles. The predicted octanol–water partition coefficient (Wildman–Crippen LogP) is 6.06. The Morgan fingerprint density at radius 2 is 1.81 bits per heavy atom. The second-order valence-corrected chi connectivity index (χ2v) is 10.5. The first kappa shape index (κ1) is 29.4. The lowest BCUT2D eigenvalue weighted by atomic mass is 10.0. The highest BCUT2D eigenvalue weighted by Crippen LogP contribution is 2.39. The van der Waals surface area contributed by atoms with Crippen LogP contribution in [0, 0.1) is 6.92 Å². The maximum atomic E-state index is 14.1. The number of alkyl halides is 3. The number of aromatic nitrogens is 2. The average molecular weight is 581 g/mol. The normalized spacial score (nSPS) is 14.7. The average Bonchev–Trinajstić information content (AvgIpc) is 3.46. The van der Waals surface area contributed by atoms with Gasteiger partial charge in [-0.05, 0) is 54.9 Å². The Labute approximate surface area is 243 Å². The molecule has 0 aliphatic carbocycles. The molecule has 1 saturated heterocycles. The molecule has 1 aliphatic rings. The van der Waals surface area contributed by atoms with Gasteiger partial charge in [-0.15, -0.1) is 0 Å². The Bertz CT molecular complexity index is 1580. The molecular formula is C31H35F3N6O2. The van der Waals surface area contributed by atoms with Crippen LogP contribution >= 0.6 is 0 Å². The Balaban J connectivity index is 1.37. The summed E-state index contributed by atoms with van der Waals surface area (Å²) in [6.45, 7) is 8.20. The van der Waals surface area contributed by atoms with E-state index in [0.29, 0.717) is 30.2 Å². The van der Waals surface area contributed by atoms with Gasteiger partial charge in [0.15, 0.2) is 5.75 Å². The number of hydrogen-bond acceptors (Lipinski definition) is 6. The molecule has 42 heavy (non-hydrogen) atoms. The van der Waals surface area contributed by atoms with Crippen LogP contribution in [0.1, 0.15) is 34.0 Å². The van der Waals surface area contributed by atoms with Crippen LogP contribution in [0.5, 0.6) is 5.75 Å². The molecule has 11 heteroatoms. The van der Waals surface area contributed by atoms with Gasteiger partial charge in [-0.3, -0.25) is 9.69 Å². The molecule has 222 valence electrons. The minimum atomic E-state index is -4.58. The van der Waals surface area contributed by atoms with Crippen molar-refractivity contribution in [1.82, 2.24) is 19.8 Å². The van der Waals surface area contributed by atoms with Crippen molar-refractivity contribution >= 4 is 34.0 Å². The molecule has 2 N–H and O–H groups in total. The lowest BCUT2D eigenvalue weighted by molar-refractivity contribution is -0.138. The van der Waals surface area contributed by atoms with E-state index in [1.807, 2.05) is 35.9 Å². The molecule has 1 amide bonds. The number of aromatic amines is 1. The fraction of sp³-hybridized carbons (Fsp3) is 0.355. The van der Waals surface area contributed by atoms with E-state index in [0.717, 1.165) is 48.0 Å². The van der Waals surface area contributed by atoms with E-state index < -0.39 is 17.6 Å². The third-order valence-corrected chi connectivity index (χ3v) is 7.90. The quantitative estimate of drug-likeness (QED) is 0.264. The van der Waals surface area contributed by atoms with Gasteiger partial charge in [0.2, 0.25) is 0 Å². The summed E-state index contributed by atoms with van der Waals surface area (Å²) in [7, 11) is 3.46. The van der Waals surface area contributed by atoms with Gasteiger partial charge in [0, 0.05) is 62.9 Å². The number of amides is 1. The van der Waals surface area contributed by atoms with Crippen molar-refractivity contribution in [1.29, 1.82) is 0 Å². The molecule has 8 nitrogen and oxygen atoms in total. The summed E-state index contributed by atoms with van der Waals surface area (Å²) in [5, 5.41) is 3.61. The number of fused-ring (bicyclic) bond motifs is 1. The van der Waals surface area contributed by atoms with Crippen molar-refractivity contribution in [3.05, 3.63) is 77.1 Å². The van der Waals surface area contributed by atoms with Gasteiger partial charge in [0.25, 0.3) is 5.91 Å². The molecule has 5 rings (SSSR count). The molecule has 1 fully saturated rings. The van der Waals surface area contributed by atoms with Crippen molar-refractivity contribution in [3.8, 4) is 5.75 Å². The van der Waals surface area contributed by atoms with Gasteiger partial charge in [0.05, 0.1) is 24.3 Å². The van der Waals surface area contributed by atoms with Crippen molar-refractivity contribution in [2.75, 3.05) is 57.1 Å². The van der Waals surface area contributed by atoms with E-state index in [1.54, 1.807) is 31.6 Å². The zero-order chi connectivity index (χ0) is 30.0. The van der Waals surface area contributed by atoms with Gasteiger partial charge in [0.1, 0.15) is 11.3 Å². The summed E-state index contributed by atoms with van der Waals surface area (Å²) < 4.78 is 48.0. The van der Waals surface area contributed by atoms with Crippen molar-refractivity contribution in [2.45, 2.75) is 26.6 Å². The largest absolute Gasteiger partial charge is 0.494 e. The highest BCUT2D eigenvalue weighted by atomic mass is 19.4. The van der Waals surface area contributed by atoms with E-state index in [2.05, 4.69) is 27.1 Å². The maximum absolute atomic E-state index is 14.1. The van der Waals surface area contributed by atoms with E-state index >= 15 is 0 Å². The standard InChI is InChI=1S/C31H35F3N6O2/c1-5-39-12-14-40(15-13-39)19-22-8-7-21(16-25(22)31(32,33)34)30(41)37-23-9-6-20(2)26(17-23)38(3)27-18-36-29-24(10-11-35-29)28(27)42-4/h6-11,16-18H,5,12-15,19H2,1-4H3,(H,35,36)(H,37,41). The second-order valence-electron chi connectivity index (χ2n) is 10.5. The topological polar surface area (TPSA) is 76.7 Å². The number of benzene rings is 2. The first-order valence-corrected chi connectivity index (χ1v) is 13.9. The highest BCUT2D eigenvalue weighted by Gasteiger charge is 2.34. The summed E-state index contributed by atoms with van der Waals surface area (Å²) in [6, 6.07) is 11.1. The molecule has 2 aromatic carbocycles. The number of halogens is 3. The van der Waals surface area contributed by atoms with Crippen LogP contribution in [-0.2, 0) is 12.7 Å². The molecule has 4 aromatic rings. The number of H-pyrrole nitrogens is 1. The van der Waals surface area contributed by atoms with E-state index in [4.69, 9.17) is 4.74 Å². The zero-order valence-corrected chi connectivity index (χ0v) is 24.2. The molecular weight excluding hydrogens is 545 g/mol. The number of nitrogens with zero attached hydrogens (tertiary/aromatic N) is 4. The van der Waals surface area contributed by atoms with Crippen LogP contribution < -0.4 is 15.0 Å². The highest BCUT2D eigenvalue weighted by molar-refractivity contribution is 6.04. The number of aryl methyl sites for hydroxylation is 1. The summed E-state index contributed by atoms with van der Waals surface area (Å²) in [4.78, 5) is 26.9. The number of anilines is 3. The van der Waals surface area contributed by atoms with E-state index in [1.165, 1.54) is 12.1 Å². The zero-order valence-electron chi connectivity index (χ0n) is 24.2. The van der Waals surface area contributed by atoms with Gasteiger partial charge < -0.3 is 24.8 Å². The van der Waals surface area contributed by atoms with Crippen LogP contribution in [0.2, 0.25) is 0 Å². The molecule has 2 aromatic heterocycles. The summed E-state index contributed by atoms with van der Waals surface area (Å²) in [6.07, 6.45) is -1.09. The molecule has 0 spiro atoms. The minimum absolute atomic E-state index is 0.0545. The van der Waals surface area contributed by atoms with Crippen molar-refractivity contribution in [3.63, 3.8) is 0 Å². The first-order chi connectivity index (χ1) is 20.1. The van der Waals surface area contributed by atoms with Crippen molar-refractivity contribution < 1.29 is 22.7 Å². The molecule has 0 radical (unpaired) electrons. The Kier molecular flexibility index (Phi) is 8.42. The smallest absolute Gasteiger partial charge is 0.416 e. The Morgan fingerprint density at radius 1 is 1.07 bits per heavy atom. The number of pyridine rings is 1. The number of likely N-dealkylation sites (N-methyl/N-ethyl adjacent to an activating group) is 1. The van der Waals surface area contributed by atoms with Gasteiger partial charge in [-0.1, -0.05) is 19.1 Å². The number of nitrogens with one attached hydrogen (secondary N) is 2. The van der Waals surface area contributed by atoms with Crippen molar-refractivity contribution in [2.24, 2.45) is 0 Å². The molecule has 0 bridgehead atoms. The number of piperazine rings is 1. The van der Waals surface area contributed by atoms with Crippen LogP contribution in [0.15, 0.2) is 54.9 Å². The van der Waals surface area contributed by atoms with Crippen LogP contribution in [-0.4, -0.2) is 72.6 Å². The predicted molar refractivity (Wildman–Crippen MR) is 159 cm³/mol. The summed E-state index contributed by atoms with van der Waals surface area (Å²) in [5.74, 6) is 0.0265. The lowest BCUT2D eigenvalue weighted by Crippen LogP contribution is -2.45. The summed E-state index contributed by atoms with van der Waals surface area (Å²) >= 11 is 0. The van der Waals surface area contributed by atoms with E-state index in [-0.39, 0.29) is 17.7 Å². The Hall–Kier alpha value is -4.09. The van der Waals surface area contributed by atoms with Crippen LogP contribution in [0.4, 0.5) is 30.2 Å². The van der Waals surface area contributed by atoms with E-state index in [9.17, 15) is 18.0 Å². The number of hydrogen-bond donors (Lipinski definition) is 2. The number of carbonyl (C=O) groups excluding carboxylic acids is 1. The number of methoxy groups -OCH3 is 1. The maximum Gasteiger partial charge on any atom is 0.416 e. The van der Waals surface area contributed by atoms with Crippen LogP contribution in [0.25, 0.3) is 11.0 Å². The molecule has 1 aliphatic heterocycles. The fourth-order valence-corrected chi connectivity index (χ4v) is 5.43. The molecule has 0 unspecified atom stereocenters. The fourth-order valence-electron chi connectivity index (χ4n) is 5.43. The molecule has 3 heterocycles. The summed E-state index contributed by atoms with van der Waals surface area (Å²) in [5.41, 5.74) is 2.91. The SMILES string of the molecule is CCN1CCN(Cc2ccc(C(=O)Nc3ccc(C)c(N(C)c4cnc5[nH]ccc5c4OC)c3)cc2C(F)(F)F)CC1. The van der Waals surface area contributed by atoms with Gasteiger partial charge >= 0.3 is 6.18 Å². The number of carbonyl (C=O) groups is 1. The van der Waals surface area contributed by atoms with Gasteiger partial charge in [-0.2, -0.15) is 13.2 Å². The molecule has 0 atom stereocenters. The minimum Gasteiger partial charge on any atom is -0.494 e. The lowest BCUT2D eigenvalue weighted by Gasteiger charge is -2.34. The first-order valence-electron chi connectivity index (χ1n) is 13.9. The number of rotatable bonds is 8. The van der Waals surface area contributed by atoms with Crippen LogP contribution in [0.3, 0.4) is 0 Å². The Morgan fingerprint density at radius 3 is 2.50 bits per heavy atom. The third-order valence-electron chi connectivity index (χ3n) is 7.90. The third kappa shape index (κ3) is 6.07.